The summed E-state index contributed by atoms with van der Waals surface area (Å²) in [4.78, 5) is 0. The van der Waals surface area contributed by atoms with Crippen molar-refractivity contribution in [2.75, 3.05) is 0 Å². The van der Waals surface area contributed by atoms with Gasteiger partial charge in [-0.3, -0.25) is 0 Å². The molecule has 0 heterocycles. The van der Waals surface area contributed by atoms with E-state index in [1.807, 2.05) is 6.92 Å². The zero-order valence-electron chi connectivity index (χ0n) is 10.1. The van der Waals surface area contributed by atoms with E-state index >= 15 is 0 Å². The molecule has 1 aliphatic rings. The first-order valence-corrected chi connectivity index (χ1v) is 5.72. The zero-order chi connectivity index (χ0) is 10.5. The van der Waals surface area contributed by atoms with Gasteiger partial charge in [0.05, 0.1) is 0 Å². The molecular formula is C13H28. The average molecular weight is 184 g/mol. The highest BCUT2D eigenvalue weighted by molar-refractivity contribution is 4.51. The van der Waals surface area contributed by atoms with Gasteiger partial charge in [0, 0.05) is 0 Å². The molecule has 0 aromatic heterocycles. The molecule has 0 aromatic carbocycles. The molecule has 0 N–H and O–H groups in total. The molecule has 0 radical (unpaired) electrons. The van der Waals surface area contributed by atoms with Gasteiger partial charge >= 0.3 is 0 Å². The summed E-state index contributed by atoms with van der Waals surface area (Å²) in [5.41, 5.74) is 0. The molecule has 0 spiro atoms. The summed E-state index contributed by atoms with van der Waals surface area (Å²) in [5, 5.41) is 0. The summed E-state index contributed by atoms with van der Waals surface area (Å²) >= 11 is 0. The predicted octanol–water partition coefficient (Wildman–Crippen LogP) is 5.20. The monoisotopic (exact) mass is 184 g/mol. The highest BCUT2D eigenvalue weighted by atomic mass is 14.0. The Labute approximate surface area is 85.4 Å². The molecule has 0 amide bonds. The number of allylic oxidation sites excluding steroid dienone is 1. The van der Waals surface area contributed by atoms with Crippen molar-refractivity contribution in [2.45, 2.75) is 66.2 Å². The quantitative estimate of drug-likeness (QED) is 0.454. The Bertz CT molecular complexity index is 63.8. The van der Waals surface area contributed by atoms with E-state index in [4.69, 9.17) is 0 Å². The molecule has 0 heteroatoms. The number of hydrogen-bond donors (Lipinski definition) is 0. The maximum Gasteiger partial charge on any atom is -0.0473 e. The summed E-state index contributed by atoms with van der Waals surface area (Å²) in [6.45, 7) is 11.7. The maximum atomic E-state index is 3.36. The summed E-state index contributed by atoms with van der Waals surface area (Å²) in [5.74, 6) is 0.833. The lowest BCUT2D eigenvalue weighted by Crippen LogP contribution is -1.85. The second kappa shape index (κ2) is 14.3. The summed E-state index contributed by atoms with van der Waals surface area (Å²) in [6.07, 6.45) is 10.8. The van der Waals surface area contributed by atoms with Crippen LogP contribution in [0, 0.1) is 5.92 Å². The molecule has 1 fully saturated rings. The molecule has 0 nitrogen and oxygen atoms in total. The Morgan fingerprint density at radius 1 is 0.846 bits per heavy atom. The SMILES string of the molecule is C1CCCCC1.C=CC.CC(C)C. The Hall–Kier alpha value is -0.260. The summed E-state index contributed by atoms with van der Waals surface area (Å²) < 4.78 is 0. The second-order valence-corrected chi connectivity index (χ2v) is 4.26. The first-order chi connectivity index (χ1) is 6.15. The van der Waals surface area contributed by atoms with Crippen LogP contribution in [0.15, 0.2) is 12.7 Å². The molecule has 0 bridgehead atoms. The van der Waals surface area contributed by atoms with Crippen LogP contribution in [0.5, 0.6) is 0 Å². The molecular weight excluding hydrogens is 156 g/mol. The van der Waals surface area contributed by atoms with Crippen LogP contribution in [-0.4, -0.2) is 0 Å². The first-order valence-electron chi connectivity index (χ1n) is 5.72. The predicted molar refractivity (Wildman–Crippen MR) is 64.1 cm³/mol. The zero-order valence-corrected chi connectivity index (χ0v) is 10.1. The van der Waals surface area contributed by atoms with Gasteiger partial charge in [0.1, 0.15) is 0 Å². The Morgan fingerprint density at radius 3 is 1.00 bits per heavy atom. The van der Waals surface area contributed by atoms with Crippen molar-refractivity contribution in [1.82, 2.24) is 0 Å². The van der Waals surface area contributed by atoms with Crippen LogP contribution < -0.4 is 0 Å². The van der Waals surface area contributed by atoms with Crippen LogP contribution >= 0.6 is 0 Å². The van der Waals surface area contributed by atoms with Gasteiger partial charge in [-0.2, -0.15) is 0 Å². The fourth-order valence-electron chi connectivity index (χ4n) is 1.06. The Morgan fingerprint density at radius 2 is 0.923 bits per heavy atom. The lowest BCUT2D eigenvalue weighted by molar-refractivity contribution is 0.504. The van der Waals surface area contributed by atoms with Crippen LogP contribution in [-0.2, 0) is 0 Å². The van der Waals surface area contributed by atoms with E-state index in [1.54, 1.807) is 6.08 Å². The smallest absolute Gasteiger partial charge is 0.0473 e. The van der Waals surface area contributed by atoms with Crippen molar-refractivity contribution >= 4 is 0 Å². The maximum absolute atomic E-state index is 3.36. The molecule has 0 aromatic rings. The average Bonchev–Trinajstić information content (AvgIpc) is 2.08. The fraction of sp³-hybridized carbons (Fsp3) is 0.846. The molecule has 0 atom stereocenters. The van der Waals surface area contributed by atoms with Gasteiger partial charge in [-0.05, 0) is 12.8 Å². The normalized spacial score (nSPS) is 14.8. The molecule has 0 unspecified atom stereocenters. The third kappa shape index (κ3) is 33.8. The van der Waals surface area contributed by atoms with Crippen molar-refractivity contribution in [3.63, 3.8) is 0 Å². The Balaban J connectivity index is 0. The minimum Gasteiger partial charge on any atom is -0.103 e. The van der Waals surface area contributed by atoms with Gasteiger partial charge in [0.2, 0.25) is 0 Å². The van der Waals surface area contributed by atoms with Gasteiger partial charge in [-0.15, -0.1) is 6.58 Å². The van der Waals surface area contributed by atoms with Crippen LogP contribution in [0.25, 0.3) is 0 Å². The van der Waals surface area contributed by atoms with E-state index in [0.29, 0.717) is 0 Å². The van der Waals surface area contributed by atoms with E-state index < -0.39 is 0 Å². The second-order valence-electron chi connectivity index (χ2n) is 4.26. The van der Waals surface area contributed by atoms with E-state index in [9.17, 15) is 0 Å². The van der Waals surface area contributed by atoms with Crippen molar-refractivity contribution < 1.29 is 0 Å². The summed E-state index contributed by atoms with van der Waals surface area (Å²) in [6, 6.07) is 0. The molecule has 80 valence electrons. The van der Waals surface area contributed by atoms with Crippen molar-refractivity contribution in [3.05, 3.63) is 12.7 Å². The minimum atomic E-state index is 0.833. The fourth-order valence-corrected chi connectivity index (χ4v) is 1.06. The van der Waals surface area contributed by atoms with Crippen LogP contribution in [0.2, 0.25) is 0 Å². The van der Waals surface area contributed by atoms with Gasteiger partial charge < -0.3 is 0 Å². The third-order valence-corrected chi connectivity index (χ3v) is 1.50. The first kappa shape index (κ1) is 15.2. The number of rotatable bonds is 0. The lowest BCUT2D eigenvalue weighted by atomic mass is 10.0. The summed E-state index contributed by atoms with van der Waals surface area (Å²) in [7, 11) is 0. The Kier molecular flexibility index (Phi) is 16.7. The lowest BCUT2D eigenvalue weighted by Gasteiger charge is -2.05. The van der Waals surface area contributed by atoms with Crippen molar-refractivity contribution in [3.8, 4) is 0 Å². The minimum absolute atomic E-state index is 0.833. The van der Waals surface area contributed by atoms with Crippen molar-refractivity contribution in [2.24, 2.45) is 5.92 Å². The highest BCUT2D eigenvalue weighted by Crippen LogP contribution is 2.15. The molecule has 1 aliphatic carbocycles. The molecule has 0 saturated heterocycles. The standard InChI is InChI=1S/C6H12.C4H10.C3H6/c1-2-4-6-5-3-1;1-4(2)3;1-3-2/h1-6H2;4H,1-3H3;3H,1H2,2H3. The largest absolute Gasteiger partial charge is 0.103 e. The van der Waals surface area contributed by atoms with Crippen LogP contribution in [0.1, 0.15) is 66.2 Å². The molecule has 1 rings (SSSR count). The molecule has 1 saturated carbocycles. The molecule has 0 aliphatic heterocycles. The van der Waals surface area contributed by atoms with E-state index in [0.717, 1.165) is 5.92 Å². The number of hydrogen-bond acceptors (Lipinski definition) is 0. The van der Waals surface area contributed by atoms with Gasteiger partial charge in [0.25, 0.3) is 0 Å². The van der Waals surface area contributed by atoms with Gasteiger partial charge in [-0.1, -0.05) is 65.4 Å². The van der Waals surface area contributed by atoms with E-state index in [-0.39, 0.29) is 0 Å². The van der Waals surface area contributed by atoms with Gasteiger partial charge in [-0.25, -0.2) is 0 Å². The van der Waals surface area contributed by atoms with Gasteiger partial charge in [0.15, 0.2) is 0 Å². The van der Waals surface area contributed by atoms with Crippen LogP contribution in [0.3, 0.4) is 0 Å². The highest BCUT2D eigenvalue weighted by Gasteiger charge is 1.95. The van der Waals surface area contributed by atoms with E-state index in [2.05, 4.69) is 27.4 Å². The van der Waals surface area contributed by atoms with E-state index in [1.165, 1.54) is 38.5 Å². The third-order valence-electron chi connectivity index (χ3n) is 1.50. The van der Waals surface area contributed by atoms with Crippen LogP contribution in [0.4, 0.5) is 0 Å². The molecule has 13 heavy (non-hydrogen) atoms. The topological polar surface area (TPSA) is 0 Å². The van der Waals surface area contributed by atoms with Crippen molar-refractivity contribution in [1.29, 1.82) is 0 Å².